The van der Waals surface area contributed by atoms with Crippen LogP contribution in [0.2, 0.25) is 0 Å². The lowest BCUT2D eigenvalue weighted by Crippen LogP contribution is -2.46. The van der Waals surface area contributed by atoms with Crippen molar-refractivity contribution in [1.29, 1.82) is 0 Å². The molecule has 2 aliphatic heterocycles. The second-order valence-corrected chi connectivity index (χ2v) is 8.53. The third kappa shape index (κ3) is 4.75. The summed E-state index contributed by atoms with van der Waals surface area (Å²) in [5.74, 6) is 0.871. The van der Waals surface area contributed by atoms with Crippen LogP contribution in [0.5, 0.6) is 17.2 Å². The lowest BCUT2D eigenvalue weighted by Gasteiger charge is -2.37. The zero-order valence-electron chi connectivity index (χ0n) is 19.7. The fraction of sp³-hybridized carbons (Fsp3) is 0.440. The van der Waals surface area contributed by atoms with Crippen molar-refractivity contribution < 1.29 is 33.6 Å². The van der Waals surface area contributed by atoms with E-state index in [1.165, 1.54) is 12.1 Å². The Morgan fingerprint density at radius 3 is 2.35 bits per heavy atom. The van der Waals surface area contributed by atoms with Crippen molar-refractivity contribution in [3.63, 3.8) is 0 Å². The van der Waals surface area contributed by atoms with Gasteiger partial charge in [0.2, 0.25) is 5.75 Å². The van der Waals surface area contributed by atoms with E-state index >= 15 is 0 Å². The van der Waals surface area contributed by atoms with Crippen molar-refractivity contribution in [2.75, 3.05) is 45.4 Å². The number of amides is 1. The summed E-state index contributed by atoms with van der Waals surface area (Å²) in [6.45, 7) is 5.17. The van der Waals surface area contributed by atoms with Crippen LogP contribution in [-0.4, -0.2) is 68.1 Å². The van der Waals surface area contributed by atoms with Crippen molar-refractivity contribution in [2.45, 2.75) is 31.9 Å². The molecule has 0 radical (unpaired) electrons. The summed E-state index contributed by atoms with van der Waals surface area (Å²) >= 11 is 0. The zero-order valence-corrected chi connectivity index (χ0v) is 19.7. The van der Waals surface area contributed by atoms with E-state index in [0.717, 1.165) is 18.7 Å². The molecule has 0 aliphatic carbocycles. The van der Waals surface area contributed by atoms with Crippen LogP contribution in [-0.2, 0) is 11.3 Å². The predicted octanol–water partition coefficient (Wildman–Crippen LogP) is 3.79. The van der Waals surface area contributed by atoms with Crippen molar-refractivity contribution in [2.24, 2.45) is 0 Å². The molecule has 9 nitrogen and oxygen atoms in total. The maximum absolute atomic E-state index is 12.6. The monoisotopic (exact) mass is 470 g/mol. The molecule has 2 aromatic carbocycles. The Kier molecular flexibility index (Phi) is 6.83. The number of carboxylic acid groups (broad SMARTS) is 1. The van der Waals surface area contributed by atoms with E-state index in [-0.39, 0.29) is 5.56 Å². The fourth-order valence-corrected chi connectivity index (χ4v) is 4.58. The molecule has 182 valence electrons. The number of carbonyl (C=O) groups is 2. The number of carbonyl (C=O) groups excluding carboxylic acids is 1. The first kappa shape index (κ1) is 23.7. The molecule has 0 atom stereocenters. The number of anilines is 1. The molecular weight excluding hydrogens is 440 g/mol. The van der Waals surface area contributed by atoms with E-state index in [1.54, 1.807) is 31.3 Å². The smallest absolute Gasteiger partial charge is 0.415 e. The van der Waals surface area contributed by atoms with E-state index in [0.29, 0.717) is 55.5 Å². The van der Waals surface area contributed by atoms with Gasteiger partial charge in [-0.1, -0.05) is 0 Å². The van der Waals surface area contributed by atoms with Crippen LogP contribution in [0.3, 0.4) is 0 Å². The van der Waals surface area contributed by atoms with Crippen LogP contribution in [0.15, 0.2) is 36.4 Å². The number of hydrogen-bond acceptors (Lipinski definition) is 7. The summed E-state index contributed by atoms with van der Waals surface area (Å²) in [5.41, 5.74) is 1.35. The molecule has 34 heavy (non-hydrogen) atoms. The largest absolute Gasteiger partial charge is 0.493 e. The minimum atomic E-state index is -0.998. The molecular formula is C25H30N2O7. The van der Waals surface area contributed by atoms with Gasteiger partial charge in [0.05, 0.1) is 32.9 Å². The first-order valence-corrected chi connectivity index (χ1v) is 11.3. The van der Waals surface area contributed by atoms with E-state index in [4.69, 9.17) is 24.1 Å². The normalized spacial score (nSPS) is 17.5. The molecule has 9 heteroatoms. The summed E-state index contributed by atoms with van der Waals surface area (Å²) in [6.07, 6.45) is 1.04. The first-order chi connectivity index (χ1) is 16.4. The molecule has 2 aromatic rings. The number of rotatable bonds is 8. The second kappa shape index (κ2) is 9.80. The highest BCUT2D eigenvalue weighted by Gasteiger charge is 2.47. The highest BCUT2D eigenvalue weighted by molar-refractivity contribution is 5.92. The number of methoxy groups -OCH3 is 2. The Morgan fingerprint density at radius 1 is 1.09 bits per heavy atom. The Labute approximate surface area is 198 Å². The van der Waals surface area contributed by atoms with Crippen molar-refractivity contribution >= 4 is 17.7 Å². The van der Waals surface area contributed by atoms with Gasteiger partial charge in [-0.3, -0.25) is 9.80 Å². The molecule has 1 amide bonds. The van der Waals surface area contributed by atoms with Crippen LogP contribution >= 0.6 is 0 Å². The minimum Gasteiger partial charge on any atom is -0.493 e. The van der Waals surface area contributed by atoms with Gasteiger partial charge in [-0.2, -0.15) is 0 Å². The lowest BCUT2D eigenvalue weighted by molar-refractivity contribution is -0.00101. The van der Waals surface area contributed by atoms with Gasteiger partial charge in [-0.15, -0.1) is 0 Å². The second-order valence-electron chi connectivity index (χ2n) is 8.53. The number of carboxylic acids is 1. The quantitative estimate of drug-likeness (QED) is 0.622. The number of hydrogen-bond donors (Lipinski definition) is 1. The summed E-state index contributed by atoms with van der Waals surface area (Å²) in [7, 11) is 3.20. The summed E-state index contributed by atoms with van der Waals surface area (Å²) in [4.78, 5) is 27.6. The molecule has 1 N–H and O–H groups in total. The molecule has 2 saturated heterocycles. The number of ether oxygens (including phenoxy) is 4. The van der Waals surface area contributed by atoms with Crippen LogP contribution in [0.25, 0.3) is 0 Å². The summed E-state index contributed by atoms with van der Waals surface area (Å²) < 4.78 is 22.5. The van der Waals surface area contributed by atoms with Gasteiger partial charge in [0.15, 0.2) is 11.5 Å². The number of likely N-dealkylation sites (tertiary alicyclic amines) is 1. The highest BCUT2D eigenvalue weighted by Crippen LogP contribution is 2.40. The van der Waals surface area contributed by atoms with Crippen molar-refractivity contribution in [1.82, 2.24) is 4.90 Å². The molecule has 2 fully saturated rings. The van der Waals surface area contributed by atoms with E-state index in [9.17, 15) is 9.59 Å². The molecule has 2 heterocycles. The molecule has 2 aliphatic rings. The molecule has 0 saturated carbocycles. The van der Waals surface area contributed by atoms with Gasteiger partial charge in [0, 0.05) is 38.2 Å². The fourth-order valence-electron chi connectivity index (χ4n) is 4.58. The zero-order chi connectivity index (χ0) is 24.3. The number of benzene rings is 2. The SMILES string of the molecule is CCOc1cc(CN2CCC3(CC2)CN(c2ccc(C(=O)O)cc2)C(=O)O3)cc(OC)c1OC. The Morgan fingerprint density at radius 2 is 1.76 bits per heavy atom. The van der Waals surface area contributed by atoms with E-state index in [1.807, 2.05) is 19.1 Å². The molecule has 0 bridgehead atoms. The third-order valence-electron chi connectivity index (χ3n) is 6.37. The van der Waals surface area contributed by atoms with Gasteiger partial charge < -0.3 is 24.1 Å². The van der Waals surface area contributed by atoms with Crippen LogP contribution in [0.1, 0.15) is 35.7 Å². The maximum atomic E-state index is 12.6. The number of nitrogens with zero attached hydrogens (tertiary/aromatic N) is 2. The number of piperidine rings is 1. The van der Waals surface area contributed by atoms with Crippen molar-refractivity contribution in [3.8, 4) is 17.2 Å². The molecule has 1 spiro atoms. The van der Waals surface area contributed by atoms with Crippen LogP contribution < -0.4 is 19.1 Å². The standard InChI is InChI=1S/C25H30N2O7/c1-4-33-21-14-17(13-20(31-2)22(21)32-3)15-26-11-9-25(10-12-26)16-27(24(30)34-25)19-7-5-18(6-8-19)23(28)29/h5-8,13-14H,4,9-12,15-16H2,1-3H3,(H,28,29). The maximum Gasteiger partial charge on any atom is 0.415 e. The Balaban J connectivity index is 1.41. The van der Waals surface area contributed by atoms with E-state index < -0.39 is 17.7 Å². The van der Waals surface area contributed by atoms with Crippen LogP contribution in [0, 0.1) is 0 Å². The average molecular weight is 471 g/mol. The highest BCUT2D eigenvalue weighted by atomic mass is 16.6. The topological polar surface area (TPSA) is 97.8 Å². The lowest BCUT2D eigenvalue weighted by atomic mass is 9.91. The van der Waals surface area contributed by atoms with Gasteiger partial charge in [-0.05, 0) is 48.9 Å². The number of aromatic carboxylic acids is 1. The van der Waals surface area contributed by atoms with Gasteiger partial charge >= 0.3 is 12.1 Å². The molecule has 4 rings (SSSR count). The summed E-state index contributed by atoms with van der Waals surface area (Å²) in [6, 6.07) is 10.2. The van der Waals surface area contributed by atoms with E-state index in [2.05, 4.69) is 4.90 Å². The third-order valence-corrected chi connectivity index (χ3v) is 6.37. The Bertz CT molecular complexity index is 1050. The average Bonchev–Trinajstić information content (AvgIpc) is 3.16. The first-order valence-electron chi connectivity index (χ1n) is 11.3. The minimum absolute atomic E-state index is 0.182. The van der Waals surface area contributed by atoms with Crippen molar-refractivity contribution in [3.05, 3.63) is 47.5 Å². The van der Waals surface area contributed by atoms with Crippen LogP contribution in [0.4, 0.5) is 10.5 Å². The van der Waals surface area contributed by atoms with Gasteiger partial charge in [0.25, 0.3) is 0 Å². The Hall–Kier alpha value is -3.46. The summed E-state index contributed by atoms with van der Waals surface area (Å²) in [5, 5.41) is 9.09. The van der Waals surface area contributed by atoms with Gasteiger partial charge in [-0.25, -0.2) is 9.59 Å². The molecule has 0 aromatic heterocycles. The predicted molar refractivity (Wildman–Crippen MR) is 125 cm³/mol. The molecule has 0 unspecified atom stereocenters. The van der Waals surface area contributed by atoms with Gasteiger partial charge in [0.1, 0.15) is 5.60 Å².